The van der Waals surface area contributed by atoms with Gasteiger partial charge in [0.05, 0.1) is 0 Å². The van der Waals surface area contributed by atoms with Crippen LogP contribution in [0.3, 0.4) is 0 Å². The van der Waals surface area contributed by atoms with Gasteiger partial charge in [-0.1, -0.05) is 204 Å². The van der Waals surface area contributed by atoms with Crippen molar-refractivity contribution in [3.63, 3.8) is 0 Å². The predicted molar refractivity (Wildman–Crippen MR) is 297 cm³/mol. The summed E-state index contributed by atoms with van der Waals surface area (Å²) in [5.74, 6) is -1.10. The largest absolute Gasteiger partial charge is 0.462 e. The maximum absolute atomic E-state index is 12.8. The third-order valence-electron chi connectivity index (χ3n) is 10.2. The summed E-state index contributed by atoms with van der Waals surface area (Å²) in [5, 5.41) is 0. The Morgan fingerprint density at radius 3 is 0.870 bits per heavy atom. The fraction of sp³-hybridized carbons (Fsp3) is 0.508. The molecule has 0 heterocycles. The summed E-state index contributed by atoms with van der Waals surface area (Å²) in [6, 6.07) is 0. The molecule has 0 aliphatic rings. The van der Waals surface area contributed by atoms with Gasteiger partial charge in [0.25, 0.3) is 0 Å². The molecule has 6 nitrogen and oxygen atoms in total. The Kier molecular flexibility index (Phi) is 51.2. The average Bonchev–Trinajstić information content (AvgIpc) is 3.35. The highest BCUT2D eigenvalue weighted by Gasteiger charge is 2.19. The Balaban J connectivity index is 4.65. The zero-order valence-corrected chi connectivity index (χ0v) is 43.5. The van der Waals surface area contributed by atoms with Crippen LogP contribution in [0.1, 0.15) is 188 Å². The SMILES string of the molecule is CC/C=C\C/C=C\C/C=C\C/C=C\C/C=C\C/C=C\CCC(=O)OCC(COC(=O)CCCCC/C=C\C/C=C\C/C=C\C/C=C\CC)OC(=O)CCCCC/C=C\C/C=C\C/C=C\C/C=C\CC. The molecule has 0 saturated carbocycles. The van der Waals surface area contributed by atoms with Gasteiger partial charge >= 0.3 is 17.9 Å². The number of carbonyl (C=O) groups is 3. The lowest BCUT2D eigenvalue weighted by atomic mass is 10.1. The summed E-state index contributed by atoms with van der Waals surface area (Å²) in [6.07, 6.45) is 82.1. The van der Waals surface area contributed by atoms with Crippen LogP contribution >= 0.6 is 0 Å². The van der Waals surface area contributed by atoms with Gasteiger partial charge in [-0.15, -0.1) is 0 Å². The lowest BCUT2D eigenvalue weighted by molar-refractivity contribution is -0.166. The van der Waals surface area contributed by atoms with Crippen molar-refractivity contribution in [2.75, 3.05) is 13.2 Å². The number of unbranched alkanes of at least 4 members (excludes halogenated alkanes) is 6. The van der Waals surface area contributed by atoms with Crippen LogP contribution in [0.5, 0.6) is 0 Å². The monoisotopic (exact) mass is 947 g/mol. The maximum Gasteiger partial charge on any atom is 0.306 e. The number of allylic oxidation sites excluding steroid dienone is 28. The highest BCUT2D eigenvalue weighted by molar-refractivity contribution is 5.71. The molecule has 0 N–H and O–H groups in total. The minimum absolute atomic E-state index is 0.140. The molecular weight excluding hydrogens is 853 g/mol. The highest BCUT2D eigenvalue weighted by atomic mass is 16.6. The van der Waals surface area contributed by atoms with Crippen LogP contribution in [-0.4, -0.2) is 37.2 Å². The van der Waals surface area contributed by atoms with Gasteiger partial charge in [-0.3, -0.25) is 14.4 Å². The van der Waals surface area contributed by atoms with Crippen molar-refractivity contribution in [3.8, 4) is 0 Å². The molecule has 0 amide bonds. The molecule has 0 aliphatic heterocycles. The van der Waals surface area contributed by atoms with Crippen LogP contribution in [0.2, 0.25) is 0 Å². The summed E-state index contributed by atoms with van der Waals surface area (Å²) >= 11 is 0. The Labute approximate surface area is 422 Å². The molecule has 0 fully saturated rings. The highest BCUT2D eigenvalue weighted by Crippen LogP contribution is 2.10. The standard InChI is InChI=1S/C63H94O6/c1-4-7-10-13-16-19-22-25-28-31-32-33-36-38-41-44-47-50-53-56-62(65)68-59-60(69-63(66)57-54-51-48-45-42-39-35-30-27-24-21-18-15-12-9-6-3)58-67-61(64)55-52-49-46-43-40-37-34-29-26-23-20-17-14-11-8-5-2/h7-12,16-21,25-30,32-33,37-42,47,50,60H,4-6,13-15,22-24,31,34-36,43-46,48-49,51-59H2,1-3H3/b10-7-,11-8-,12-9-,19-16-,20-17-,21-18-,28-25-,29-26-,30-27-,33-32-,40-37-,41-38-,42-39-,50-47-. The molecule has 0 aliphatic carbocycles. The molecule has 0 radical (unpaired) electrons. The second kappa shape index (κ2) is 55.4. The van der Waals surface area contributed by atoms with Gasteiger partial charge < -0.3 is 14.2 Å². The van der Waals surface area contributed by atoms with E-state index in [-0.39, 0.29) is 44.0 Å². The number of esters is 3. The number of hydrogen-bond donors (Lipinski definition) is 0. The van der Waals surface area contributed by atoms with Gasteiger partial charge in [0, 0.05) is 19.3 Å². The van der Waals surface area contributed by atoms with E-state index in [1.807, 2.05) is 12.2 Å². The van der Waals surface area contributed by atoms with Crippen LogP contribution in [0.25, 0.3) is 0 Å². The van der Waals surface area contributed by atoms with Crippen molar-refractivity contribution >= 4 is 17.9 Å². The lowest BCUT2D eigenvalue weighted by Gasteiger charge is -2.18. The second-order valence-electron chi connectivity index (χ2n) is 16.6. The first kappa shape index (κ1) is 63.8. The molecule has 0 saturated heterocycles. The summed E-state index contributed by atoms with van der Waals surface area (Å²) in [4.78, 5) is 38.0. The lowest BCUT2D eigenvalue weighted by Crippen LogP contribution is -2.30. The Morgan fingerprint density at radius 1 is 0.290 bits per heavy atom. The minimum atomic E-state index is -0.848. The van der Waals surface area contributed by atoms with Gasteiger partial charge in [-0.05, 0) is 135 Å². The van der Waals surface area contributed by atoms with E-state index >= 15 is 0 Å². The smallest absolute Gasteiger partial charge is 0.306 e. The molecule has 1 unspecified atom stereocenters. The molecule has 69 heavy (non-hydrogen) atoms. The third-order valence-corrected chi connectivity index (χ3v) is 10.2. The fourth-order valence-corrected chi connectivity index (χ4v) is 6.33. The summed E-state index contributed by atoms with van der Waals surface area (Å²) in [7, 11) is 0. The van der Waals surface area contributed by atoms with Crippen LogP contribution in [0.4, 0.5) is 0 Å². The average molecular weight is 947 g/mol. The molecular formula is C63H94O6. The van der Waals surface area contributed by atoms with E-state index in [9.17, 15) is 14.4 Å². The molecule has 0 aromatic heterocycles. The third kappa shape index (κ3) is 53.6. The molecule has 0 spiro atoms. The van der Waals surface area contributed by atoms with E-state index in [1.165, 1.54) is 0 Å². The maximum atomic E-state index is 12.8. The Hall–Kier alpha value is -5.23. The van der Waals surface area contributed by atoms with Gasteiger partial charge in [-0.2, -0.15) is 0 Å². The van der Waals surface area contributed by atoms with Gasteiger partial charge in [0.2, 0.25) is 0 Å². The van der Waals surface area contributed by atoms with Crippen LogP contribution < -0.4 is 0 Å². The van der Waals surface area contributed by atoms with Crippen molar-refractivity contribution in [3.05, 3.63) is 170 Å². The molecule has 6 heteroatoms. The zero-order valence-electron chi connectivity index (χ0n) is 43.5. The topological polar surface area (TPSA) is 78.9 Å². The van der Waals surface area contributed by atoms with E-state index in [0.29, 0.717) is 19.3 Å². The zero-order chi connectivity index (χ0) is 50.0. The Morgan fingerprint density at radius 2 is 0.551 bits per heavy atom. The van der Waals surface area contributed by atoms with E-state index in [4.69, 9.17) is 14.2 Å². The predicted octanol–water partition coefficient (Wildman–Crippen LogP) is 18.0. The van der Waals surface area contributed by atoms with Crippen molar-refractivity contribution in [2.24, 2.45) is 0 Å². The first-order valence-corrected chi connectivity index (χ1v) is 26.6. The Bertz CT molecular complexity index is 1650. The van der Waals surface area contributed by atoms with E-state index in [2.05, 4.69) is 179 Å². The molecule has 0 bridgehead atoms. The minimum Gasteiger partial charge on any atom is -0.462 e. The molecule has 0 aromatic carbocycles. The van der Waals surface area contributed by atoms with Crippen molar-refractivity contribution in [1.29, 1.82) is 0 Å². The fourth-order valence-electron chi connectivity index (χ4n) is 6.33. The molecule has 1 atom stereocenters. The summed E-state index contributed by atoms with van der Waals surface area (Å²) < 4.78 is 16.7. The molecule has 0 aromatic rings. The van der Waals surface area contributed by atoms with Crippen LogP contribution in [0, 0.1) is 0 Å². The van der Waals surface area contributed by atoms with E-state index in [0.717, 1.165) is 135 Å². The quantitative estimate of drug-likeness (QED) is 0.0262. The summed E-state index contributed by atoms with van der Waals surface area (Å²) in [5.41, 5.74) is 0. The second-order valence-corrected chi connectivity index (χ2v) is 16.6. The van der Waals surface area contributed by atoms with Crippen molar-refractivity contribution in [1.82, 2.24) is 0 Å². The van der Waals surface area contributed by atoms with Gasteiger partial charge in [0.1, 0.15) is 13.2 Å². The van der Waals surface area contributed by atoms with Crippen LogP contribution in [-0.2, 0) is 28.6 Å². The van der Waals surface area contributed by atoms with E-state index < -0.39 is 6.10 Å². The number of rotatable bonds is 45. The number of hydrogen-bond acceptors (Lipinski definition) is 6. The first-order valence-electron chi connectivity index (χ1n) is 26.6. The van der Waals surface area contributed by atoms with Crippen LogP contribution in [0.15, 0.2) is 170 Å². The van der Waals surface area contributed by atoms with E-state index in [1.54, 1.807) is 0 Å². The molecule has 382 valence electrons. The first-order chi connectivity index (χ1) is 34.0. The number of carbonyl (C=O) groups excluding carboxylic acids is 3. The number of ether oxygens (including phenoxy) is 3. The molecule has 0 rings (SSSR count). The van der Waals surface area contributed by atoms with Gasteiger partial charge in [0.15, 0.2) is 6.10 Å². The van der Waals surface area contributed by atoms with Crippen molar-refractivity contribution < 1.29 is 28.6 Å². The summed E-state index contributed by atoms with van der Waals surface area (Å²) in [6.45, 7) is 6.14. The van der Waals surface area contributed by atoms with Gasteiger partial charge in [-0.25, -0.2) is 0 Å². The van der Waals surface area contributed by atoms with Crippen molar-refractivity contribution in [2.45, 2.75) is 194 Å². The normalized spacial score (nSPS) is 13.5.